The summed E-state index contributed by atoms with van der Waals surface area (Å²) in [4.78, 5) is 0.266. The third-order valence-corrected chi connectivity index (χ3v) is 5.34. The van der Waals surface area contributed by atoms with E-state index in [0.717, 1.165) is 19.3 Å². The van der Waals surface area contributed by atoms with Crippen LogP contribution in [-0.2, 0) is 16.6 Å². The van der Waals surface area contributed by atoms with E-state index in [1.54, 1.807) is 24.3 Å². The average Bonchev–Trinajstić information content (AvgIpc) is 2.41. The molecule has 2 N–H and O–H groups in total. The molecule has 5 heteroatoms. The van der Waals surface area contributed by atoms with Crippen molar-refractivity contribution in [3.05, 3.63) is 29.8 Å². The number of benzene rings is 1. The molecule has 0 aromatic heterocycles. The molecule has 106 valence electrons. The molecule has 0 bridgehead atoms. The van der Waals surface area contributed by atoms with E-state index < -0.39 is 10.0 Å². The third-order valence-electron chi connectivity index (χ3n) is 3.83. The summed E-state index contributed by atoms with van der Waals surface area (Å²) in [6.07, 6.45) is 4.26. The molecule has 1 aliphatic rings. The molecule has 1 saturated carbocycles. The molecule has 4 nitrogen and oxygen atoms in total. The van der Waals surface area contributed by atoms with Crippen LogP contribution in [0.5, 0.6) is 0 Å². The summed E-state index contributed by atoms with van der Waals surface area (Å²) in [5, 5.41) is 8.96. The van der Waals surface area contributed by atoms with Crippen molar-refractivity contribution < 1.29 is 13.5 Å². The first-order valence-corrected chi connectivity index (χ1v) is 8.23. The molecular weight excluding hydrogens is 262 g/mol. The third kappa shape index (κ3) is 3.55. The van der Waals surface area contributed by atoms with Crippen molar-refractivity contribution in [3.8, 4) is 0 Å². The fourth-order valence-electron chi connectivity index (χ4n) is 2.53. The quantitative estimate of drug-likeness (QED) is 0.888. The van der Waals surface area contributed by atoms with Crippen LogP contribution < -0.4 is 4.72 Å². The fraction of sp³-hybridized carbons (Fsp3) is 0.571. The number of hydrogen-bond donors (Lipinski definition) is 2. The second kappa shape index (κ2) is 6.03. The first-order valence-electron chi connectivity index (χ1n) is 6.75. The van der Waals surface area contributed by atoms with Crippen LogP contribution in [0.25, 0.3) is 0 Å². The van der Waals surface area contributed by atoms with Crippen LogP contribution >= 0.6 is 0 Å². The maximum Gasteiger partial charge on any atom is 0.240 e. The molecule has 2 unspecified atom stereocenters. The molecule has 2 rings (SSSR count). The Labute approximate surface area is 114 Å². The molecule has 1 fully saturated rings. The zero-order chi connectivity index (χ0) is 13.9. The Morgan fingerprint density at radius 1 is 1.21 bits per heavy atom. The summed E-state index contributed by atoms with van der Waals surface area (Å²) in [7, 11) is -3.45. The number of nitrogens with one attached hydrogen (secondary N) is 1. The van der Waals surface area contributed by atoms with Crippen LogP contribution in [0.15, 0.2) is 29.2 Å². The Bertz CT molecular complexity index is 510. The Morgan fingerprint density at radius 2 is 1.84 bits per heavy atom. The minimum absolute atomic E-state index is 0.0382. The molecule has 0 heterocycles. The average molecular weight is 283 g/mol. The summed E-state index contributed by atoms with van der Waals surface area (Å²) in [5.41, 5.74) is 0.713. The van der Waals surface area contributed by atoms with Crippen molar-refractivity contribution in [1.82, 2.24) is 4.72 Å². The van der Waals surface area contributed by atoms with Gasteiger partial charge >= 0.3 is 0 Å². The first-order chi connectivity index (χ1) is 9.03. The normalized spacial score (nSPS) is 24.3. The minimum atomic E-state index is -3.45. The summed E-state index contributed by atoms with van der Waals surface area (Å²) in [6, 6.07) is 6.40. The van der Waals surface area contributed by atoms with E-state index in [-0.39, 0.29) is 17.5 Å². The summed E-state index contributed by atoms with van der Waals surface area (Å²) >= 11 is 0. The molecule has 1 aromatic carbocycles. The molecule has 2 atom stereocenters. The van der Waals surface area contributed by atoms with Gasteiger partial charge in [0.15, 0.2) is 0 Å². The highest BCUT2D eigenvalue weighted by atomic mass is 32.2. The van der Waals surface area contributed by atoms with E-state index in [9.17, 15) is 8.42 Å². The van der Waals surface area contributed by atoms with E-state index >= 15 is 0 Å². The van der Waals surface area contributed by atoms with Gasteiger partial charge in [-0.15, -0.1) is 0 Å². The van der Waals surface area contributed by atoms with E-state index in [2.05, 4.69) is 11.6 Å². The molecule has 0 radical (unpaired) electrons. The first kappa shape index (κ1) is 14.5. The molecule has 1 aliphatic carbocycles. The van der Waals surface area contributed by atoms with Gasteiger partial charge < -0.3 is 5.11 Å². The predicted octanol–water partition coefficient (Wildman–Crippen LogP) is 2.04. The summed E-state index contributed by atoms with van der Waals surface area (Å²) in [5.74, 6) is 0.389. The van der Waals surface area contributed by atoms with Crippen LogP contribution in [0.2, 0.25) is 0 Å². The number of rotatable bonds is 4. The van der Waals surface area contributed by atoms with Gasteiger partial charge in [-0.05, 0) is 36.5 Å². The maximum atomic E-state index is 12.3. The van der Waals surface area contributed by atoms with Crippen molar-refractivity contribution in [2.75, 3.05) is 0 Å². The van der Waals surface area contributed by atoms with Crippen molar-refractivity contribution >= 4 is 10.0 Å². The van der Waals surface area contributed by atoms with Crippen LogP contribution in [-0.4, -0.2) is 19.6 Å². The van der Waals surface area contributed by atoms with E-state index in [4.69, 9.17) is 5.11 Å². The number of aliphatic hydroxyl groups is 1. The van der Waals surface area contributed by atoms with Gasteiger partial charge in [-0.3, -0.25) is 0 Å². The highest BCUT2D eigenvalue weighted by Gasteiger charge is 2.26. The number of aliphatic hydroxyl groups excluding tert-OH is 1. The molecular formula is C14H21NO3S. The topological polar surface area (TPSA) is 66.4 Å². The van der Waals surface area contributed by atoms with Crippen LogP contribution in [0, 0.1) is 5.92 Å². The standard InChI is InChI=1S/C14H21NO3S/c1-11-4-2-3-5-14(11)15-19(17,18)13-8-6-12(10-16)7-9-13/h6-9,11,14-16H,2-5,10H2,1H3. The monoisotopic (exact) mass is 283 g/mol. The van der Waals surface area contributed by atoms with Gasteiger partial charge in [0, 0.05) is 6.04 Å². The zero-order valence-corrected chi connectivity index (χ0v) is 12.0. The lowest BCUT2D eigenvalue weighted by Gasteiger charge is -2.29. The highest BCUT2D eigenvalue weighted by molar-refractivity contribution is 7.89. The van der Waals surface area contributed by atoms with E-state index in [0.29, 0.717) is 11.5 Å². The molecule has 0 saturated heterocycles. The molecule has 1 aromatic rings. The Balaban J connectivity index is 2.12. The molecule has 0 amide bonds. The molecule has 19 heavy (non-hydrogen) atoms. The Hall–Kier alpha value is -0.910. The Morgan fingerprint density at radius 3 is 2.42 bits per heavy atom. The number of sulfonamides is 1. The van der Waals surface area contributed by atoms with Crippen molar-refractivity contribution in [2.45, 2.75) is 50.2 Å². The van der Waals surface area contributed by atoms with Crippen LogP contribution in [0.4, 0.5) is 0 Å². The predicted molar refractivity (Wildman–Crippen MR) is 74.1 cm³/mol. The van der Waals surface area contributed by atoms with Gasteiger partial charge in [0.2, 0.25) is 10.0 Å². The van der Waals surface area contributed by atoms with Gasteiger partial charge in [-0.25, -0.2) is 13.1 Å². The number of hydrogen-bond acceptors (Lipinski definition) is 3. The summed E-state index contributed by atoms with van der Waals surface area (Å²) < 4.78 is 27.4. The van der Waals surface area contributed by atoms with Crippen molar-refractivity contribution in [1.29, 1.82) is 0 Å². The van der Waals surface area contributed by atoms with Gasteiger partial charge in [0.25, 0.3) is 0 Å². The lowest BCUT2D eigenvalue weighted by atomic mass is 9.87. The Kier molecular flexibility index (Phi) is 4.60. The second-order valence-corrected chi connectivity index (χ2v) is 7.01. The molecule has 0 aliphatic heterocycles. The van der Waals surface area contributed by atoms with Crippen LogP contribution in [0.1, 0.15) is 38.2 Å². The lowest BCUT2D eigenvalue weighted by Crippen LogP contribution is -2.40. The lowest BCUT2D eigenvalue weighted by molar-refractivity contribution is 0.281. The van der Waals surface area contributed by atoms with E-state index in [1.165, 1.54) is 6.42 Å². The largest absolute Gasteiger partial charge is 0.392 e. The van der Waals surface area contributed by atoms with Gasteiger partial charge in [0.05, 0.1) is 11.5 Å². The van der Waals surface area contributed by atoms with E-state index in [1.807, 2.05) is 0 Å². The molecule has 0 spiro atoms. The minimum Gasteiger partial charge on any atom is -0.392 e. The van der Waals surface area contributed by atoms with Crippen LogP contribution in [0.3, 0.4) is 0 Å². The van der Waals surface area contributed by atoms with Gasteiger partial charge in [-0.2, -0.15) is 0 Å². The SMILES string of the molecule is CC1CCCCC1NS(=O)(=O)c1ccc(CO)cc1. The fourth-order valence-corrected chi connectivity index (χ4v) is 3.91. The zero-order valence-electron chi connectivity index (χ0n) is 11.2. The second-order valence-electron chi connectivity index (χ2n) is 5.29. The van der Waals surface area contributed by atoms with Crippen molar-refractivity contribution in [3.63, 3.8) is 0 Å². The van der Waals surface area contributed by atoms with Crippen molar-refractivity contribution in [2.24, 2.45) is 5.92 Å². The maximum absolute atomic E-state index is 12.3. The summed E-state index contributed by atoms with van der Waals surface area (Å²) in [6.45, 7) is 2.02. The van der Waals surface area contributed by atoms with Gasteiger partial charge in [-0.1, -0.05) is 31.9 Å². The van der Waals surface area contributed by atoms with Gasteiger partial charge in [0.1, 0.15) is 0 Å². The highest BCUT2D eigenvalue weighted by Crippen LogP contribution is 2.25. The smallest absolute Gasteiger partial charge is 0.240 e.